The molecule has 0 radical (unpaired) electrons. The summed E-state index contributed by atoms with van der Waals surface area (Å²) in [4.78, 5) is 25.0. The van der Waals surface area contributed by atoms with Crippen molar-refractivity contribution in [3.63, 3.8) is 0 Å². The highest BCUT2D eigenvalue weighted by molar-refractivity contribution is 6.33. The van der Waals surface area contributed by atoms with Crippen molar-refractivity contribution < 1.29 is 22.7 Å². The predicted octanol–water partition coefficient (Wildman–Crippen LogP) is 4.42. The van der Waals surface area contributed by atoms with Crippen molar-refractivity contribution >= 4 is 17.5 Å². The fourth-order valence-electron chi connectivity index (χ4n) is 3.36. The third-order valence-corrected chi connectivity index (χ3v) is 5.28. The van der Waals surface area contributed by atoms with Crippen LogP contribution < -0.4 is 10.9 Å². The van der Waals surface area contributed by atoms with Gasteiger partial charge in [-0.2, -0.15) is 0 Å². The number of nitrogens with zero attached hydrogens (tertiary/aromatic N) is 1. The van der Waals surface area contributed by atoms with Crippen molar-refractivity contribution in [3.8, 4) is 0 Å². The number of hydrogen-bond acceptors (Lipinski definition) is 3. The van der Waals surface area contributed by atoms with E-state index in [9.17, 15) is 22.8 Å². The maximum absolute atomic E-state index is 14.4. The van der Waals surface area contributed by atoms with E-state index >= 15 is 0 Å². The van der Waals surface area contributed by atoms with E-state index in [1.165, 1.54) is 29.8 Å². The Morgan fingerprint density at radius 1 is 1.28 bits per heavy atom. The lowest BCUT2D eigenvalue weighted by atomic mass is 10.0. The van der Waals surface area contributed by atoms with Gasteiger partial charge in [-0.05, 0) is 19.8 Å². The van der Waals surface area contributed by atoms with Crippen LogP contribution in [0.2, 0.25) is 5.02 Å². The minimum atomic E-state index is -2.96. The molecule has 1 fully saturated rings. The summed E-state index contributed by atoms with van der Waals surface area (Å²) in [6.45, 7) is 2.50. The number of amides is 1. The number of hydrogen-bond donors (Lipinski definition) is 1. The number of halogens is 4. The zero-order valence-electron chi connectivity index (χ0n) is 15.6. The highest BCUT2D eigenvalue weighted by Gasteiger charge is 2.23. The Labute approximate surface area is 170 Å². The van der Waals surface area contributed by atoms with Gasteiger partial charge in [0.05, 0.1) is 22.2 Å². The van der Waals surface area contributed by atoms with Gasteiger partial charge in [0, 0.05) is 37.1 Å². The maximum Gasteiger partial charge on any atom is 0.266 e. The zero-order chi connectivity index (χ0) is 21.1. The van der Waals surface area contributed by atoms with Gasteiger partial charge in [-0.3, -0.25) is 9.59 Å². The summed E-state index contributed by atoms with van der Waals surface area (Å²) >= 11 is 6.09. The third-order valence-electron chi connectivity index (χ3n) is 4.97. The van der Waals surface area contributed by atoms with Crippen LogP contribution in [0.3, 0.4) is 0 Å². The second-order valence-electron chi connectivity index (χ2n) is 6.87. The summed E-state index contributed by atoms with van der Waals surface area (Å²) in [6.07, 6.45) is -0.320. The molecule has 1 aliphatic heterocycles. The van der Waals surface area contributed by atoms with Crippen molar-refractivity contribution in [1.29, 1.82) is 0 Å². The highest BCUT2D eigenvalue weighted by atomic mass is 35.5. The van der Waals surface area contributed by atoms with Crippen LogP contribution in [-0.4, -0.2) is 23.7 Å². The summed E-state index contributed by atoms with van der Waals surface area (Å²) in [5, 5.41) is 2.52. The van der Waals surface area contributed by atoms with E-state index in [2.05, 4.69) is 5.32 Å². The number of carbonyl (C=O) groups excluding carboxylic acids is 1. The summed E-state index contributed by atoms with van der Waals surface area (Å²) in [6, 6.07) is 3.80. The van der Waals surface area contributed by atoms with Crippen molar-refractivity contribution in [2.45, 2.75) is 38.3 Å². The Kier molecular flexibility index (Phi) is 6.64. The lowest BCUT2D eigenvalue weighted by molar-refractivity contribution is 0.0685. The minimum Gasteiger partial charge on any atom is -0.381 e. The molecule has 0 bridgehead atoms. The van der Waals surface area contributed by atoms with Crippen LogP contribution in [0.15, 0.2) is 35.3 Å². The van der Waals surface area contributed by atoms with Gasteiger partial charge >= 0.3 is 0 Å². The van der Waals surface area contributed by atoms with Crippen LogP contribution in [0.25, 0.3) is 0 Å². The molecular formula is C20H20ClF3N2O3. The zero-order valence-corrected chi connectivity index (χ0v) is 16.4. The second-order valence-corrected chi connectivity index (χ2v) is 7.28. The van der Waals surface area contributed by atoms with Gasteiger partial charge in [0.1, 0.15) is 5.82 Å². The summed E-state index contributed by atoms with van der Waals surface area (Å²) < 4.78 is 46.9. The summed E-state index contributed by atoms with van der Waals surface area (Å²) in [5.41, 5.74) is -1.07. The standard InChI is InChI=1S/C20H20ClF3N2O3/c1-11(13-3-2-4-14(18(13)22)19(23)24)25-20(28)15-10-26(17(27)9-16(15)21)12-5-7-29-8-6-12/h2-4,9-12,19H,5-8H2,1H3,(H,25,28)/t11-/m1/s1. The molecule has 1 aromatic heterocycles. The normalized spacial score (nSPS) is 16.1. The predicted molar refractivity (Wildman–Crippen MR) is 102 cm³/mol. The van der Waals surface area contributed by atoms with Crippen LogP contribution >= 0.6 is 11.6 Å². The number of aromatic nitrogens is 1. The molecule has 2 aromatic rings. The Morgan fingerprint density at radius 2 is 1.93 bits per heavy atom. The highest BCUT2D eigenvalue weighted by Crippen LogP contribution is 2.28. The number of alkyl halides is 2. The van der Waals surface area contributed by atoms with Gasteiger partial charge in [-0.25, -0.2) is 13.2 Å². The molecule has 1 amide bonds. The third kappa shape index (κ3) is 4.64. The van der Waals surface area contributed by atoms with Crippen molar-refractivity contribution in [3.05, 3.63) is 68.3 Å². The molecule has 3 rings (SSSR count). The van der Waals surface area contributed by atoms with E-state index in [1.807, 2.05) is 0 Å². The maximum atomic E-state index is 14.4. The van der Waals surface area contributed by atoms with Gasteiger partial charge in [0.2, 0.25) is 0 Å². The van der Waals surface area contributed by atoms with Crippen LogP contribution in [0, 0.1) is 5.82 Å². The molecule has 29 heavy (non-hydrogen) atoms. The number of rotatable bonds is 5. The Morgan fingerprint density at radius 3 is 2.59 bits per heavy atom. The lowest BCUT2D eigenvalue weighted by Crippen LogP contribution is -2.32. The molecule has 0 aliphatic carbocycles. The average molecular weight is 429 g/mol. The van der Waals surface area contributed by atoms with E-state index in [4.69, 9.17) is 16.3 Å². The van der Waals surface area contributed by atoms with Crippen molar-refractivity contribution in [1.82, 2.24) is 9.88 Å². The van der Waals surface area contributed by atoms with Crippen LogP contribution in [0.1, 0.15) is 59.8 Å². The fourth-order valence-corrected chi connectivity index (χ4v) is 3.59. The first-order valence-electron chi connectivity index (χ1n) is 9.16. The molecule has 156 valence electrons. The van der Waals surface area contributed by atoms with E-state index in [1.54, 1.807) is 0 Å². The molecule has 1 aliphatic rings. The van der Waals surface area contributed by atoms with Crippen LogP contribution in [0.5, 0.6) is 0 Å². The second kappa shape index (κ2) is 9.00. The van der Waals surface area contributed by atoms with Gasteiger partial charge in [-0.1, -0.05) is 29.8 Å². The van der Waals surface area contributed by atoms with Gasteiger partial charge in [-0.15, -0.1) is 0 Å². The Hall–Kier alpha value is -2.32. The number of nitrogens with one attached hydrogen (secondary N) is 1. The van der Waals surface area contributed by atoms with Gasteiger partial charge in [0.25, 0.3) is 17.9 Å². The molecule has 1 saturated heterocycles. The van der Waals surface area contributed by atoms with E-state index < -0.39 is 29.8 Å². The SMILES string of the molecule is C[C@@H](NC(=O)c1cn(C2CCOCC2)c(=O)cc1Cl)c1cccc(C(F)F)c1F. The van der Waals surface area contributed by atoms with Gasteiger partial charge in [0.15, 0.2) is 0 Å². The minimum absolute atomic E-state index is 0.0372. The van der Waals surface area contributed by atoms with Crippen LogP contribution in [0.4, 0.5) is 13.2 Å². The van der Waals surface area contributed by atoms with Crippen molar-refractivity contribution in [2.24, 2.45) is 0 Å². The molecule has 5 nitrogen and oxygen atoms in total. The first-order valence-corrected chi connectivity index (χ1v) is 9.54. The molecule has 0 saturated carbocycles. The van der Waals surface area contributed by atoms with E-state index in [-0.39, 0.29) is 27.8 Å². The smallest absolute Gasteiger partial charge is 0.266 e. The Balaban J connectivity index is 1.85. The largest absolute Gasteiger partial charge is 0.381 e. The molecule has 1 aromatic carbocycles. The molecule has 1 atom stereocenters. The lowest BCUT2D eigenvalue weighted by Gasteiger charge is -2.25. The molecule has 2 heterocycles. The number of ether oxygens (including phenoxy) is 1. The first-order chi connectivity index (χ1) is 13.8. The molecule has 0 spiro atoms. The molecule has 9 heteroatoms. The number of pyridine rings is 1. The summed E-state index contributed by atoms with van der Waals surface area (Å²) in [7, 11) is 0. The summed E-state index contributed by atoms with van der Waals surface area (Å²) in [5.74, 6) is -1.70. The topological polar surface area (TPSA) is 60.3 Å². The molecule has 1 N–H and O–H groups in total. The quantitative estimate of drug-likeness (QED) is 0.766. The number of benzene rings is 1. The Bertz CT molecular complexity index is 958. The average Bonchev–Trinajstić information content (AvgIpc) is 2.68. The fraction of sp³-hybridized carbons (Fsp3) is 0.400. The number of carbonyl (C=O) groups is 1. The van der Waals surface area contributed by atoms with Crippen LogP contribution in [-0.2, 0) is 4.74 Å². The molecular weight excluding hydrogens is 409 g/mol. The first kappa shape index (κ1) is 21.4. The van der Waals surface area contributed by atoms with E-state index in [0.717, 1.165) is 12.1 Å². The van der Waals surface area contributed by atoms with Crippen molar-refractivity contribution in [2.75, 3.05) is 13.2 Å². The monoisotopic (exact) mass is 428 g/mol. The van der Waals surface area contributed by atoms with E-state index in [0.29, 0.717) is 26.1 Å². The van der Waals surface area contributed by atoms with Gasteiger partial charge < -0.3 is 14.6 Å². The molecule has 0 unspecified atom stereocenters.